The van der Waals surface area contributed by atoms with Gasteiger partial charge in [-0.3, -0.25) is 9.52 Å². The molecule has 1 saturated heterocycles. The monoisotopic (exact) mass is 491 g/mol. The lowest BCUT2D eigenvalue weighted by atomic mass is 9.87. The maximum absolute atomic E-state index is 14.4. The lowest BCUT2D eigenvalue weighted by molar-refractivity contribution is -0.121. The van der Waals surface area contributed by atoms with Crippen LogP contribution in [0.5, 0.6) is 0 Å². The van der Waals surface area contributed by atoms with Gasteiger partial charge in [-0.15, -0.1) is 10.2 Å². The van der Waals surface area contributed by atoms with Gasteiger partial charge < -0.3 is 9.88 Å². The molecule has 1 unspecified atom stereocenters. The van der Waals surface area contributed by atoms with Gasteiger partial charge in [-0.05, 0) is 35.6 Å². The van der Waals surface area contributed by atoms with Crippen molar-refractivity contribution in [1.82, 2.24) is 20.1 Å². The smallest absolute Gasteiger partial charge is 0.261 e. The van der Waals surface area contributed by atoms with Crippen LogP contribution < -0.4 is 10.0 Å². The second kappa shape index (κ2) is 8.42. The Morgan fingerprint density at radius 3 is 2.52 bits per heavy atom. The molecular formula is C22H23ClFN5O3S. The van der Waals surface area contributed by atoms with Crippen molar-refractivity contribution in [1.29, 1.82) is 0 Å². The van der Waals surface area contributed by atoms with Crippen molar-refractivity contribution >= 4 is 33.2 Å². The average Bonchev–Trinajstić information content (AvgIpc) is 3.38. The SMILES string of the molecule is CC(C)(C)c1ccc(S(=O)(=O)Nc2cc(F)c(Cl)cc2-c2nncn2C2CCNC2=O)cc1. The van der Waals surface area contributed by atoms with E-state index in [-0.39, 0.29) is 38.3 Å². The first-order valence-corrected chi connectivity index (χ1v) is 12.1. The molecule has 1 aliphatic heterocycles. The lowest BCUT2D eigenvalue weighted by Gasteiger charge is -2.19. The van der Waals surface area contributed by atoms with Crippen LogP contribution in [0.2, 0.25) is 5.02 Å². The lowest BCUT2D eigenvalue weighted by Crippen LogP contribution is -2.22. The van der Waals surface area contributed by atoms with Gasteiger partial charge in [-0.25, -0.2) is 12.8 Å². The Bertz CT molecular complexity index is 1320. The van der Waals surface area contributed by atoms with Gasteiger partial charge in [-0.2, -0.15) is 0 Å². The number of carbonyl (C=O) groups excluding carboxylic acids is 1. The Morgan fingerprint density at radius 1 is 1.21 bits per heavy atom. The van der Waals surface area contributed by atoms with Crippen LogP contribution >= 0.6 is 11.6 Å². The zero-order valence-corrected chi connectivity index (χ0v) is 19.8. The molecular weight excluding hydrogens is 469 g/mol. The van der Waals surface area contributed by atoms with Gasteiger partial charge in [0, 0.05) is 18.2 Å². The predicted octanol–water partition coefficient (Wildman–Crippen LogP) is 3.90. The van der Waals surface area contributed by atoms with E-state index in [2.05, 4.69) is 20.2 Å². The van der Waals surface area contributed by atoms with Crippen molar-refractivity contribution in [2.75, 3.05) is 11.3 Å². The summed E-state index contributed by atoms with van der Waals surface area (Å²) in [5, 5.41) is 10.5. The Hall–Kier alpha value is -2.98. The van der Waals surface area contributed by atoms with Gasteiger partial charge in [0.15, 0.2) is 5.82 Å². The second-order valence-electron chi connectivity index (χ2n) is 8.85. The Labute approximate surface area is 196 Å². The van der Waals surface area contributed by atoms with Gasteiger partial charge in [0.1, 0.15) is 18.2 Å². The fourth-order valence-corrected chi connectivity index (χ4v) is 4.90. The van der Waals surface area contributed by atoms with Crippen LogP contribution in [0, 0.1) is 5.82 Å². The molecule has 8 nitrogen and oxygen atoms in total. The molecule has 174 valence electrons. The molecule has 1 aliphatic rings. The van der Waals surface area contributed by atoms with E-state index in [1.165, 1.54) is 29.1 Å². The second-order valence-corrected chi connectivity index (χ2v) is 10.9. The number of hydrogen-bond acceptors (Lipinski definition) is 5. The number of anilines is 1. The van der Waals surface area contributed by atoms with E-state index in [9.17, 15) is 17.6 Å². The number of sulfonamides is 1. The predicted molar refractivity (Wildman–Crippen MR) is 123 cm³/mol. The van der Waals surface area contributed by atoms with Crippen LogP contribution in [0.1, 0.15) is 38.8 Å². The maximum Gasteiger partial charge on any atom is 0.261 e. The number of nitrogens with zero attached hydrogens (tertiary/aromatic N) is 3. The number of nitrogens with one attached hydrogen (secondary N) is 2. The quantitative estimate of drug-likeness (QED) is 0.563. The number of hydrogen-bond donors (Lipinski definition) is 2. The van der Waals surface area contributed by atoms with Crippen LogP contribution in [-0.2, 0) is 20.2 Å². The highest BCUT2D eigenvalue weighted by Crippen LogP contribution is 2.35. The number of halogens is 2. The van der Waals surface area contributed by atoms with Crippen LogP contribution in [-0.4, -0.2) is 35.6 Å². The fraction of sp³-hybridized carbons (Fsp3) is 0.318. The van der Waals surface area contributed by atoms with Crippen LogP contribution in [0.3, 0.4) is 0 Å². The summed E-state index contributed by atoms with van der Waals surface area (Å²) in [7, 11) is -4.06. The highest BCUT2D eigenvalue weighted by Gasteiger charge is 2.30. The summed E-state index contributed by atoms with van der Waals surface area (Å²) in [5.41, 5.74) is 0.972. The summed E-state index contributed by atoms with van der Waals surface area (Å²) in [4.78, 5) is 12.2. The highest BCUT2D eigenvalue weighted by atomic mass is 35.5. The molecule has 0 spiro atoms. The molecule has 1 fully saturated rings. The van der Waals surface area contributed by atoms with E-state index in [1.807, 2.05) is 20.8 Å². The van der Waals surface area contributed by atoms with E-state index in [1.54, 1.807) is 12.1 Å². The molecule has 2 heterocycles. The molecule has 0 saturated carbocycles. The molecule has 0 radical (unpaired) electrons. The first-order chi connectivity index (χ1) is 15.5. The number of aromatic nitrogens is 3. The number of carbonyl (C=O) groups is 1. The van der Waals surface area contributed by atoms with E-state index < -0.39 is 21.9 Å². The minimum absolute atomic E-state index is 0.0217. The Morgan fingerprint density at radius 2 is 1.91 bits per heavy atom. The van der Waals surface area contributed by atoms with E-state index in [0.717, 1.165) is 11.6 Å². The molecule has 0 aliphatic carbocycles. The standard InChI is InChI=1S/C22H23ClFN5O3S/c1-22(2,3)13-4-6-14(7-5-13)33(31,32)28-18-11-17(24)16(23)10-15(18)20-27-26-12-29(20)19-8-9-25-21(19)30/h4-7,10-12,19,28H,8-9H2,1-3H3,(H,25,30). The molecule has 2 N–H and O–H groups in total. The van der Waals surface area contributed by atoms with E-state index in [0.29, 0.717) is 13.0 Å². The third kappa shape index (κ3) is 4.58. The zero-order chi connectivity index (χ0) is 24.0. The Kier molecular flexibility index (Phi) is 5.92. The maximum atomic E-state index is 14.4. The molecule has 1 atom stereocenters. The van der Waals surface area contributed by atoms with Crippen molar-refractivity contribution in [3.63, 3.8) is 0 Å². The molecule has 11 heteroatoms. The molecule has 3 aromatic rings. The molecule has 4 rings (SSSR count). The van der Waals surface area contributed by atoms with Crippen LogP contribution in [0.15, 0.2) is 47.6 Å². The van der Waals surface area contributed by atoms with Gasteiger partial charge in [-0.1, -0.05) is 44.5 Å². The van der Waals surface area contributed by atoms with Gasteiger partial charge >= 0.3 is 0 Å². The van der Waals surface area contributed by atoms with Crippen molar-refractivity contribution in [3.05, 3.63) is 59.1 Å². The number of amides is 1. The van der Waals surface area contributed by atoms with Gasteiger partial charge in [0.25, 0.3) is 10.0 Å². The number of rotatable bonds is 5. The van der Waals surface area contributed by atoms with Crippen LogP contribution in [0.25, 0.3) is 11.4 Å². The minimum Gasteiger partial charge on any atom is -0.354 e. The summed E-state index contributed by atoms with van der Waals surface area (Å²) in [6.07, 6.45) is 1.89. The van der Waals surface area contributed by atoms with Gasteiger partial charge in [0.05, 0.1) is 15.6 Å². The normalized spacial score (nSPS) is 16.6. The third-order valence-corrected chi connectivity index (χ3v) is 7.18. The van der Waals surface area contributed by atoms with Crippen molar-refractivity contribution < 1.29 is 17.6 Å². The van der Waals surface area contributed by atoms with E-state index >= 15 is 0 Å². The summed E-state index contributed by atoms with van der Waals surface area (Å²) in [6, 6.07) is 8.19. The Balaban J connectivity index is 1.75. The molecule has 1 amide bonds. The van der Waals surface area contributed by atoms with Crippen molar-refractivity contribution in [3.8, 4) is 11.4 Å². The van der Waals surface area contributed by atoms with Crippen molar-refractivity contribution in [2.24, 2.45) is 0 Å². The van der Waals surface area contributed by atoms with E-state index in [4.69, 9.17) is 11.6 Å². The fourth-order valence-electron chi connectivity index (χ4n) is 3.66. The largest absolute Gasteiger partial charge is 0.354 e. The summed E-state index contributed by atoms with van der Waals surface area (Å²) >= 11 is 6.00. The van der Waals surface area contributed by atoms with Crippen LogP contribution in [0.4, 0.5) is 10.1 Å². The first-order valence-electron chi connectivity index (χ1n) is 10.3. The molecule has 1 aromatic heterocycles. The van der Waals surface area contributed by atoms with Crippen molar-refractivity contribution in [2.45, 2.75) is 43.5 Å². The topological polar surface area (TPSA) is 106 Å². The minimum atomic E-state index is -4.06. The summed E-state index contributed by atoms with van der Waals surface area (Å²) in [6.45, 7) is 6.57. The first kappa shape index (κ1) is 23.2. The number of benzene rings is 2. The molecule has 2 aromatic carbocycles. The zero-order valence-electron chi connectivity index (χ0n) is 18.3. The average molecular weight is 492 g/mol. The van der Waals surface area contributed by atoms with Gasteiger partial charge in [0.2, 0.25) is 5.91 Å². The third-order valence-electron chi connectivity index (χ3n) is 5.50. The molecule has 33 heavy (non-hydrogen) atoms. The highest BCUT2D eigenvalue weighted by molar-refractivity contribution is 7.92. The summed E-state index contributed by atoms with van der Waals surface area (Å²) < 4.78 is 44.5. The molecule has 0 bridgehead atoms. The summed E-state index contributed by atoms with van der Waals surface area (Å²) in [5.74, 6) is -0.809.